The minimum absolute atomic E-state index is 0. The number of hydrogen-bond acceptors (Lipinski definition) is 8. The van der Waals surface area contributed by atoms with Crippen LogP contribution in [0.1, 0.15) is 39.3 Å². The Labute approximate surface area is 203 Å². The van der Waals surface area contributed by atoms with Gasteiger partial charge in [-0.25, -0.2) is 9.97 Å². The molecule has 0 saturated heterocycles. The standard InChI is InChI=1S/C11H14ClN3O2.C8H8ClN3O2.2CH4/c1-2-5-13-10(8-15(16)17)6-9-3-4-11(12)14-7-9;9-8-2-1-6(4-11-8)3-7(10)5-12(13)14;;/h3-4,7-8,13H,2,5-6H2,1H3;1-2,4-5H,3,10H2;2*1H4/b10-8-;7-5-;;. The highest BCUT2D eigenvalue weighted by Gasteiger charge is 2.04. The van der Waals surface area contributed by atoms with Gasteiger partial charge in [-0.1, -0.05) is 57.1 Å². The van der Waals surface area contributed by atoms with Crippen LogP contribution in [0.3, 0.4) is 0 Å². The smallest absolute Gasteiger partial charge is 0.253 e. The van der Waals surface area contributed by atoms with Crippen LogP contribution in [-0.4, -0.2) is 26.4 Å². The first-order valence-electron chi connectivity index (χ1n) is 9.08. The molecule has 0 bridgehead atoms. The van der Waals surface area contributed by atoms with E-state index in [-0.39, 0.29) is 20.6 Å². The lowest BCUT2D eigenvalue weighted by Crippen LogP contribution is -2.17. The normalized spacial score (nSPS) is 10.6. The molecule has 0 fully saturated rings. The molecule has 12 heteroatoms. The maximum Gasteiger partial charge on any atom is 0.253 e. The van der Waals surface area contributed by atoms with E-state index in [4.69, 9.17) is 28.9 Å². The van der Waals surface area contributed by atoms with Crippen molar-refractivity contribution in [3.05, 3.63) is 102 Å². The fraction of sp³-hybridized carbons (Fsp3) is 0.333. The Morgan fingerprint density at radius 1 is 0.970 bits per heavy atom. The summed E-state index contributed by atoms with van der Waals surface area (Å²) in [4.78, 5) is 27.3. The maximum atomic E-state index is 10.5. The molecule has 2 heterocycles. The molecule has 0 aromatic carbocycles. The van der Waals surface area contributed by atoms with Crippen molar-refractivity contribution in [3.63, 3.8) is 0 Å². The largest absolute Gasteiger partial charge is 0.397 e. The fourth-order valence-corrected chi connectivity index (χ4v) is 2.45. The van der Waals surface area contributed by atoms with Crippen molar-refractivity contribution in [2.45, 2.75) is 41.0 Å². The second-order valence-electron chi connectivity index (χ2n) is 6.19. The quantitative estimate of drug-likeness (QED) is 0.276. The average Bonchev–Trinajstić information content (AvgIpc) is 2.69. The molecule has 0 spiro atoms. The number of pyridine rings is 2. The SMILES string of the molecule is C.C.CCCN/C(=C\[N+](=O)[O-])Cc1ccc(Cl)nc1.N/C(=C\[N+](=O)[O-])Cc1ccc(Cl)nc1. The van der Waals surface area contributed by atoms with E-state index in [2.05, 4.69) is 15.3 Å². The first-order valence-corrected chi connectivity index (χ1v) is 9.83. The zero-order valence-electron chi connectivity index (χ0n) is 16.7. The lowest BCUT2D eigenvalue weighted by atomic mass is 10.1. The summed E-state index contributed by atoms with van der Waals surface area (Å²) in [6.07, 6.45) is 6.57. The Kier molecular flexibility index (Phi) is 16.8. The van der Waals surface area contributed by atoms with Gasteiger partial charge in [-0.15, -0.1) is 0 Å². The molecule has 0 unspecified atom stereocenters. The molecule has 0 radical (unpaired) electrons. The van der Waals surface area contributed by atoms with E-state index in [1.165, 1.54) is 6.20 Å². The highest BCUT2D eigenvalue weighted by molar-refractivity contribution is 6.29. The molecule has 0 aliphatic carbocycles. The average molecular weight is 501 g/mol. The summed E-state index contributed by atoms with van der Waals surface area (Å²) in [6.45, 7) is 2.71. The Bertz CT molecular complexity index is 919. The van der Waals surface area contributed by atoms with Crippen LogP contribution in [0.25, 0.3) is 0 Å². The van der Waals surface area contributed by atoms with Gasteiger partial charge in [-0.3, -0.25) is 20.2 Å². The Morgan fingerprint density at radius 3 is 1.85 bits per heavy atom. The second kappa shape index (κ2) is 17.3. The summed E-state index contributed by atoms with van der Waals surface area (Å²) in [5.41, 5.74) is 7.82. The third kappa shape index (κ3) is 15.2. The van der Waals surface area contributed by atoms with E-state index in [1.807, 2.05) is 6.92 Å². The van der Waals surface area contributed by atoms with E-state index in [1.54, 1.807) is 30.5 Å². The summed E-state index contributed by atoms with van der Waals surface area (Å²) < 4.78 is 0. The predicted molar refractivity (Wildman–Crippen MR) is 132 cm³/mol. The molecule has 0 amide bonds. The van der Waals surface area contributed by atoms with Crippen LogP contribution >= 0.6 is 23.2 Å². The molecule has 33 heavy (non-hydrogen) atoms. The lowest BCUT2D eigenvalue weighted by molar-refractivity contribution is -0.403. The highest BCUT2D eigenvalue weighted by Crippen LogP contribution is 2.09. The first-order chi connectivity index (χ1) is 14.7. The number of aromatic nitrogens is 2. The van der Waals surface area contributed by atoms with Crippen molar-refractivity contribution >= 4 is 23.2 Å². The molecule has 2 aromatic rings. The zero-order chi connectivity index (χ0) is 23.2. The van der Waals surface area contributed by atoms with Crippen LogP contribution in [0, 0.1) is 20.2 Å². The van der Waals surface area contributed by atoms with Crippen molar-refractivity contribution in [2.75, 3.05) is 6.54 Å². The Morgan fingerprint density at radius 2 is 1.45 bits per heavy atom. The third-order valence-electron chi connectivity index (χ3n) is 3.51. The van der Waals surface area contributed by atoms with Gasteiger partial charge in [0.2, 0.25) is 0 Å². The Hall–Kier alpha value is -3.24. The van der Waals surface area contributed by atoms with Gasteiger partial charge in [0.05, 0.1) is 21.2 Å². The van der Waals surface area contributed by atoms with E-state index >= 15 is 0 Å². The van der Waals surface area contributed by atoms with Gasteiger partial charge in [-0.2, -0.15) is 0 Å². The van der Waals surface area contributed by atoms with Gasteiger partial charge in [0.15, 0.2) is 0 Å². The van der Waals surface area contributed by atoms with Gasteiger partial charge in [0, 0.05) is 31.8 Å². The molecule has 2 aromatic heterocycles. The van der Waals surface area contributed by atoms with E-state index in [0.29, 0.717) is 35.4 Å². The van der Waals surface area contributed by atoms with Gasteiger partial charge < -0.3 is 11.1 Å². The zero-order valence-corrected chi connectivity index (χ0v) is 18.2. The van der Waals surface area contributed by atoms with Crippen LogP contribution in [-0.2, 0) is 12.8 Å². The molecular weight excluding hydrogens is 471 g/mol. The van der Waals surface area contributed by atoms with Crippen LogP contribution < -0.4 is 11.1 Å². The third-order valence-corrected chi connectivity index (χ3v) is 3.96. The van der Waals surface area contributed by atoms with Crippen molar-refractivity contribution in [3.8, 4) is 0 Å². The first kappa shape index (κ1) is 31.9. The van der Waals surface area contributed by atoms with Crippen LogP contribution in [0.15, 0.2) is 60.5 Å². The van der Waals surface area contributed by atoms with Crippen molar-refractivity contribution in [1.29, 1.82) is 0 Å². The topological polar surface area (TPSA) is 150 Å². The minimum atomic E-state index is -0.585. The van der Waals surface area contributed by atoms with Crippen LogP contribution in [0.2, 0.25) is 10.3 Å². The van der Waals surface area contributed by atoms with Gasteiger partial charge in [0.25, 0.3) is 12.4 Å². The maximum absolute atomic E-state index is 10.5. The minimum Gasteiger partial charge on any atom is -0.397 e. The lowest BCUT2D eigenvalue weighted by Gasteiger charge is -2.07. The van der Waals surface area contributed by atoms with Gasteiger partial charge in [-0.05, 0) is 29.7 Å². The summed E-state index contributed by atoms with van der Waals surface area (Å²) in [5, 5.41) is 24.4. The van der Waals surface area contributed by atoms with Crippen molar-refractivity contribution in [2.24, 2.45) is 5.73 Å². The number of nitrogens with two attached hydrogens (primary N) is 1. The monoisotopic (exact) mass is 500 g/mol. The van der Waals surface area contributed by atoms with Crippen LogP contribution in [0.5, 0.6) is 0 Å². The molecule has 0 aliphatic rings. The number of nitrogens with zero attached hydrogens (tertiary/aromatic N) is 4. The molecule has 0 atom stereocenters. The summed E-state index contributed by atoms with van der Waals surface area (Å²) in [5.74, 6) is 0. The summed E-state index contributed by atoms with van der Waals surface area (Å²) >= 11 is 11.2. The van der Waals surface area contributed by atoms with Gasteiger partial charge >= 0.3 is 0 Å². The van der Waals surface area contributed by atoms with Gasteiger partial charge in [0.1, 0.15) is 10.3 Å². The molecule has 0 saturated carbocycles. The summed E-state index contributed by atoms with van der Waals surface area (Å²) in [7, 11) is 0. The fourth-order valence-electron chi connectivity index (χ4n) is 2.23. The molecule has 0 aliphatic heterocycles. The molecule has 10 nitrogen and oxygen atoms in total. The second-order valence-corrected chi connectivity index (χ2v) is 6.96. The molecule has 2 rings (SSSR count). The van der Waals surface area contributed by atoms with Crippen molar-refractivity contribution < 1.29 is 9.85 Å². The Balaban J connectivity index is 0. The van der Waals surface area contributed by atoms with E-state index in [9.17, 15) is 20.2 Å². The number of nitro groups is 2. The number of rotatable bonds is 9. The number of hydrogen-bond donors (Lipinski definition) is 2. The van der Waals surface area contributed by atoms with Crippen molar-refractivity contribution in [1.82, 2.24) is 15.3 Å². The molecule has 182 valence electrons. The highest BCUT2D eigenvalue weighted by atomic mass is 35.5. The number of halogens is 2. The molecule has 3 N–H and O–H groups in total. The molecular formula is C21H30Cl2N6O4. The predicted octanol–water partition coefficient (Wildman–Crippen LogP) is 5.02. The summed E-state index contributed by atoms with van der Waals surface area (Å²) in [6, 6.07) is 6.80. The number of allylic oxidation sites excluding steroid dienone is 2. The van der Waals surface area contributed by atoms with E-state index in [0.717, 1.165) is 29.9 Å². The number of nitrogens with one attached hydrogen (secondary N) is 1. The van der Waals surface area contributed by atoms with Crippen LogP contribution in [0.4, 0.5) is 0 Å². The van der Waals surface area contributed by atoms with E-state index < -0.39 is 9.85 Å².